The van der Waals surface area contributed by atoms with Gasteiger partial charge in [-0.2, -0.15) is 0 Å². The van der Waals surface area contributed by atoms with E-state index in [1.165, 1.54) is 0 Å². The van der Waals surface area contributed by atoms with Gasteiger partial charge in [-0.05, 0) is 24.3 Å². The molecule has 0 unspecified atom stereocenters. The van der Waals surface area contributed by atoms with Crippen molar-refractivity contribution in [2.24, 2.45) is 0 Å². The number of rotatable bonds is 5. The second-order valence-electron chi connectivity index (χ2n) is 5.44. The molecule has 1 N–H and O–H groups in total. The number of nitrogens with one attached hydrogen (secondary N) is 1. The van der Waals surface area contributed by atoms with Crippen LogP contribution in [-0.2, 0) is 0 Å². The third-order valence-electron chi connectivity index (χ3n) is 3.85. The Morgan fingerprint density at radius 1 is 1.17 bits per heavy atom. The van der Waals surface area contributed by atoms with E-state index in [1.54, 1.807) is 29.3 Å². The minimum atomic E-state index is -0.0848. The fourth-order valence-electron chi connectivity index (χ4n) is 2.56. The lowest BCUT2D eigenvalue weighted by Crippen LogP contribution is -2.49. The lowest BCUT2D eigenvalue weighted by molar-refractivity contribution is 0.0739. The Kier molecular flexibility index (Phi) is 5.00. The number of aromatic nitrogens is 3. The first-order valence-electron chi connectivity index (χ1n) is 7.91. The summed E-state index contributed by atoms with van der Waals surface area (Å²) in [5.74, 6) is 1.49. The second kappa shape index (κ2) is 7.54. The van der Waals surface area contributed by atoms with Crippen LogP contribution < -0.4 is 10.2 Å². The molecule has 1 fully saturated rings. The monoisotopic (exact) mass is 324 g/mol. The Hall–Kier alpha value is -2.96. The summed E-state index contributed by atoms with van der Waals surface area (Å²) >= 11 is 0. The molecule has 0 aromatic carbocycles. The molecule has 0 radical (unpaired) electrons. The lowest BCUT2D eigenvalue weighted by atomic mass is 10.2. The molecule has 1 aliphatic heterocycles. The zero-order valence-corrected chi connectivity index (χ0v) is 13.4. The van der Waals surface area contributed by atoms with Gasteiger partial charge in [0.05, 0.1) is 0 Å². The van der Waals surface area contributed by atoms with Crippen LogP contribution in [0, 0.1) is 0 Å². The summed E-state index contributed by atoms with van der Waals surface area (Å²) < 4.78 is 0. The molecule has 1 saturated heterocycles. The quantitative estimate of drug-likeness (QED) is 0.839. The molecule has 7 nitrogen and oxygen atoms in total. The fourth-order valence-corrected chi connectivity index (χ4v) is 2.56. The minimum absolute atomic E-state index is 0.0848. The highest BCUT2D eigenvalue weighted by atomic mass is 16.2. The number of carbonyl (C=O) groups is 1. The summed E-state index contributed by atoms with van der Waals surface area (Å²) in [6.07, 6.45) is 3.52. The van der Waals surface area contributed by atoms with Crippen molar-refractivity contribution in [3.8, 4) is 0 Å². The van der Waals surface area contributed by atoms with Gasteiger partial charge in [0.1, 0.15) is 11.6 Å². The summed E-state index contributed by atoms with van der Waals surface area (Å²) in [7, 11) is 0. The number of piperazine rings is 1. The van der Waals surface area contributed by atoms with E-state index in [1.807, 2.05) is 18.2 Å². The Morgan fingerprint density at radius 3 is 2.62 bits per heavy atom. The summed E-state index contributed by atoms with van der Waals surface area (Å²) in [5, 5.41) is 11.1. The standard InChI is InChI=1S/C17H20N6O/c1-2-8-18-15-7-6-14(20-21-15)17(24)23-12-10-22(11-13-23)16-5-3-4-9-19-16/h2-7,9H,1,8,10-13H2,(H,18,21). The van der Waals surface area contributed by atoms with Gasteiger partial charge in [0.2, 0.25) is 0 Å². The SMILES string of the molecule is C=CCNc1ccc(C(=O)N2CCN(c3ccccn3)CC2)nn1. The van der Waals surface area contributed by atoms with Gasteiger partial charge in [-0.3, -0.25) is 4.79 Å². The zero-order valence-electron chi connectivity index (χ0n) is 13.4. The Bertz CT molecular complexity index is 680. The number of hydrogen-bond donors (Lipinski definition) is 1. The van der Waals surface area contributed by atoms with Crippen LogP contribution in [0.3, 0.4) is 0 Å². The maximum absolute atomic E-state index is 12.5. The largest absolute Gasteiger partial charge is 0.365 e. The average Bonchev–Trinajstić information content (AvgIpc) is 2.67. The fraction of sp³-hybridized carbons (Fsp3) is 0.294. The molecule has 0 saturated carbocycles. The maximum atomic E-state index is 12.5. The van der Waals surface area contributed by atoms with Crippen molar-refractivity contribution in [3.63, 3.8) is 0 Å². The van der Waals surface area contributed by atoms with E-state index in [0.717, 1.165) is 18.9 Å². The third kappa shape index (κ3) is 3.68. The molecule has 3 heterocycles. The highest BCUT2D eigenvalue weighted by Crippen LogP contribution is 2.14. The van der Waals surface area contributed by atoms with Crippen LogP contribution in [0.2, 0.25) is 0 Å². The van der Waals surface area contributed by atoms with Gasteiger partial charge in [-0.25, -0.2) is 4.98 Å². The molecule has 0 atom stereocenters. The Labute approximate surface area is 141 Å². The van der Waals surface area contributed by atoms with E-state index >= 15 is 0 Å². The first-order valence-corrected chi connectivity index (χ1v) is 7.91. The number of amides is 1. The van der Waals surface area contributed by atoms with Crippen molar-refractivity contribution in [1.29, 1.82) is 0 Å². The number of pyridine rings is 1. The normalized spacial score (nSPS) is 14.3. The Morgan fingerprint density at radius 2 is 2.00 bits per heavy atom. The molecule has 0 aliphatic carbocycles. The van der Waals surface area contributed by atoms with Crippen LogP contribution >= 0.6 is 0 Å². The Balaban J connectivity index is 1.58. The molecule has 24 heavy (non-hydrogen) atoms. The molecular weight excluding hydrogens is 304 g/mol. The van der Waals surface area contributed by atoms with Gasteiger partial charge in [0.15, 0.2) is 5.69 Å². The van der Waals surface area contributed by atoms with Gasteiger partial charge >= 0.3 is 0 Å². The van der Waals surface area contributed by atoms with Crippen molar-refractivity contribution >= 4 is 17.5 Å². The van der Waals surface area contributed by atoms with Gasteiger partial charge in [0.25, 0.3) is 5.91 Å². The highest BCUT2D eigenvalue weighted by Gasteiger charge is 2.23. The first-order chi connectivity index (χ1) is 11.8. The van der Waals surface area contributed by atoms with E-state index in [4.69, 9.17) is 0 Å². The van der Waals surface area contributed by atoms with Crippen molar-refractivity contribution in [2.45, 2.75) is 0 Å². The van der Waals surface area contributed by atoms with Crippen molar-refractivity contribution in [3.05, 3.63) is 54.9 Å². The van der Waals surface area contributed by atoms with Crippen molar-refractivity contribution in [1.82, 2.24) is 20.1 Å². The predicted octanol–water partition coefficient (Wildman–Crippen LogP) is 1.43. The number of hydrogen-bond acceptors (Lipinski definition) is 6. The highest BCUT2D eigenvalue weighted by molar-refractivity contribution is 5.92. The van der Waals surface area contributed by atoms with Crippen molar-refractivity contribution < 1.29 is 4.79 Å². The van der Waals surface area contributed by atoms with Crippen molar-refractivity contribution in [2.75, 3.05) is 42.9 Å². The molecule has 2 aromatic rings. The van der Waals surface area contributed by atoms with Crippen LogP contribution in [0.4, 0.5) is 11.6 Å². The second-order valence-corrected chi connectivity index (χ2v) is 5.44. The summed E-state index contributed by atoms with van der Waals surface area (Å²) in [6, 6.07) is 9.31. The van der Waals surface area contributed by atoms with Gasteiger partial charge in [-0.1, -0.05) is 12.1 Å². The molecule has 2 aromatic heterocycles. The molecule has 1 aliphatic rings. The van der Waals surface area contributed by atoms with E-state index in [-0.39, 0.29) is 5.91 Å². The molecule has 0 bridgehead atoms. The van der Waals surface area contributed by atoms with Gasteiger partial charge < -0.3 is 15.1 Å². The molecule has 0 spiro atoms. The summed E-state index contributed by atoms with van der Waals surface area (Å²) in [6.45, 7) is 7.05. The number of anilines is 2. The maximum Gasteiger partial charge on any atom is 0.274 e. The molecule has 7 heteroatoms. The van der Waals surface area contributed by atoms with E-state index in [9.17, 15) is 4.79 Å². The van der Waals surface area contributed by atoms with Crippen LogP contribution in [-0.4, -0.2) is 58.7 Å². The molecule has 124 valence electrons. The number of nitrogens with zero attached hydrogens (tertiary/aromatic N) is 5. The molecule has 1 amide bonds. The average molecular weight is 324 g/mol. The third-order valence-corrected chi connectivity index (χ3v) is 3.85. The zero-order chi connectivity index (χ0) is 16.8. The van der Waals surface area contributed by atoms with E-state index in [2.05, 4.69) is 32.0 Å². The van der Waals surface area contributed by atoms with Crippen LogP contribution in [0.5, 0.6) is 0 Å². The predicted molar refractivity (Wildman–Crippen MR) is 93.1 cm³/mol. The smallest absolute Gasteiger partial charge is 0.274 e. The van der Waals surface area contributed by atoms with Crippen LogP contribution in [0.15, 0.2) is 49.2 Å². The molecular formula is C17H20N6O. The van der Waals surface area contributed by atoms with E-state index in [0.29, 0.717) is 31.1 Å². The topological polar surface area (TPSA) is 74.2 Å². The van der Waals surface area contributed by atoms with Crippen LogP contribution in [0.1, 0.15) is 10.5 Å². The van der Waals surface area contributed by atoms with Crippen LogP contribution in [0.25, 0.3) is 0 Å². The van der Waals surface area contributed by atoms with E-state index < -0.39 is 0 Å². The van der Waals surface area contributed by atoms with Gasteiger partial charge in [0, 0.05) is 38.9 Å². The lowest BCUT2D eigenvalue weighted by Gasteiger charge is -2.35. The first kappa shape index (κ1) is 15.9. The van der Waals surface area contributed by atoms with Gasteiger partial charge in [-0.15, -0.1) is 16.8 Å². The molecule has 3 rings (SSSR count). The number of carbonyl (C=O) groups excluding carboxylic acids is 1. The summed E-state index contributed by atoms with van der Waals surface area (Å²) in [4.78, 5) is 20.9. The minimum Gasteiger partial charge on any atom is -0.365 e. The summed E-state index contributed by atoms with van der Waals surface area (Å²) in [5.41, 5.74) is 0.366.